The number of rotatable bonds is 4. The van der Waals surface area contributed by atoms with Crippen LogP contribution in [0.3, 0.4) is 0 Å². The number of aromatic nitrogens is 2. The van der Waals surface area contributed by atoms with Crippen LogP contribution in [-0.4, -0.2) is 47.1 Å². The van der Waals surface area contributed by atoms with E-state index in [1.165, 1.54) is 5.56 Å². The molecule has 1 atom stereocenters. The second kappa shape index (κ2) is 8.81. The van der Waals surface area contributed by atoms with Crippen LogP contribution in [-0.2, 0) is 13.6 Å². The van der Waals surface area contributed by atoms with Gasteiger partial charge in [-0.25, -0.2) is 4.99 Å². The van der Waals surface area contributed by atoms with Crippen LogP contribution >= 0.6 is 24.0 Å². The van der Waals surface area contributed by atoms with E-state index < -0.39 is 0 Å². The third kappa shape index (κ3) is 4.31. The molecule has 1 saturated heterocycles. The molecule has 2 aromatic rings. The molecule has 0 radical (unpaired) electrons. The largest absolute Gasteiger partial charge is 0.454 e. The van der Waals surface area contributed by atoms with Gasteiger partial charge in [0.15, 0.2) is 17.5 Å². The fourth-order valence-electron chi connectivity index (χ4n) is 3.58. The number of nitrogens with one attached hydrogen (secondary N) is 1. The summed E-state index contributed by atoms with van der Waals surface area (Å²) in [5, 5.41) is 7.73. The Labute approximate surface area is 176 Å². The molecule has 27 heavy (non-hydrogen) atoms. The van der Waals surface area contributed by atoms with Crippen molar-refractivity contribution in [2.75, 3.05) is 26.4 Å². The number of nitrogens with zero attached hydrogens (tertiary/aromatic N) is 4. The number of hydrogen-bond acceptors (Lipinski definition) is 4. The second-order valence-electron chi connectivity index (χ2n) is 6.70. The van der Waals surface area contributed by atoms with Crippen LogP contribution < -0.4 is 14.8 Å². The Kier molecular flexibility index (Phi) is 6.46. The summed E-state index contributed by atoms with van der Waals surface area (Å²) in [6.45, 7) is 5.76. The van der Waals surface area contributed by atoms with Gasteiger partial charge in [0.2, 0.25) is 6.79 Å². The molecule has 0 amide bonds. The summed E-state index contributed by atoms with van der Waals surface area (Å²) in [4.78, 5) is 7.19. The Bertz CT molecular complexity index is 807. The average Bonchev–Trinajstić information content (AvgIpc) is 3.38. The van der Waals surface area contributed by atoms with E-state index in [9.17, 15) is 0 Å². The van der Waals surface area contributed by atoms with E-state index in [2.05, 4.69) is 28.4 Å². The number of ether oxygens (including phenoxy) is 2. The number of aliphatic imine (C=N–C) groups is 1. The molecule has 7 nitrogen and oxygen atoms in total. The molecule has 0 saturated carbocycles. The molecule has 1 aromatic heterocycles. The lowest BCUT2D eigenvalue weighted by Crippen LogP contribution is -2.40. The summed E-state index contributed by atoms with van der Waals surface area (Å²) in [6.07, 6.45) is 5.21. The number of likely N-dealkylation sites (tertiary alicyclic amines) is 1. The van der Waals surface area contributed by atoms with E-state index in [4.69, 9.17) is 14.5 Å². The number of halogens is 1. The summed E-state index contributed by atoms with van der Waals surface area (Å²) in [7, 11) is 1.96. The molecular formula is C19H26IN5O2. The van der Waals surface area contributed by atoms with Gasteiger partial charge in [-0.1, -0.05) is 12.1 Å². The molecule has 1 fully saturated rings. The number of benzene rings is 1. The minimum Gasteiger partial charge on any atom is -0.454 e. The van der Waals surface area contributed by atoms with Crippen molar-refractivity contribution in [3.05, 3.63) is 41.7 Å². The highest BCUT2D eigenvalue weighted by atomic mass is 127. The molecule has 0 aliphatic carbocycles. The smallest absolute Gasteiger partial charge is 0.231 e. The van der Waals surface area contributed by atoms with Crippen molar-refractivity contribution in [3.63, 3.8) is 0 Å². The molecule has 3 heterocycles. The van der Waals surface area contributed by atoms with Gasteiger partial charge in [-0.05, 0) is 25.0 Å². The molecule has 4 rings (SSSR count). The Morgan fingerprint density at radius 2 is 2.26 bits per heavy atom. The van der Waals surface area contributed by atoms with Crippen LogP contribution in [0.2, 0.25) is 0 Å². The fourth-order valence-corrected chi connectivity index (χ4v) is 3.58. The minimum atomic E-state index is 0. The van der Waals surface area contributed by atoms with Crippen molar-refractivity contribution >= 4 is 29.9 Å². The van der Waals surface area contributed by atoms with Crippen LogP contribution in [0.15, 0.2) is 35.6 Å². The lowest BCUT2D eigenvalue weighted by Gasteiger charge is -2.21. The van der Waals surface area contributed by atoms with Gasteiger partial charge in [-0.3, -0.25) is 4.68 Å². The minimum absolute atomic E-state index is 0. The van der Waals surface area contributed by atoms with E-state index in [1.807, 2.05) is 36.1 Å². The number of aryl methyl sites for hydroxylation is 1. The van der Waals surface area contributed by atoms with Crippen molar-refractivity contribution in [1.29, 1.82) is 0 Å². The SMILES string of the molecule is CCNC(=NCc1cccc2c1OCO2)N1CCC(c2cnn(C)c2)C1.I. The highest BCUT2D eigenvalue weighted by molar-refractivity contribution is 14.0. The maximum atomic E-state index is 5.59. The topological polar surface area (TPSA) is 63.9 Å². The predicted octanol–water partition coefficient (Wildman–Crippen LogP) is 2.72. The molecule has 0 bridgehead atoms. The molecular weight excluding hydrogens is 457 g/mol. The molecule has 2 aliphatic rings. The van der Waals surface area contributed by atoms with Crippen molar-refractivity contribution in [3.8, 4) is 11.5 Å². The highest BCUT2D eigenvalue weighted by Gasteiger charge is 2.27. The second-order valence-corrected chi connectivity index (χ2v) is 6.70. The summed E-state index contributed by atoms with van der Waals surface area (Å²) < 4.78 is 12.9. The maximum absolute atomic E-state index is 5.59. The Hall–Kier alpha value is -1.97. The van der Waals surface area contributed by atoms with Gasteiger partial charge in [0, 0.05) is 44.4 Å². The molecule has 1 unspecified atom stereocenters. The van der Waals surface area contributed by atoms with Crippen LogP contribution in [0.5, 0.6) is 11.5 Å². The van der Waals surface area contributed by atoms with Gasteiger partial charge in [0.25, 0.3) is 0 Å². The predicted molar refractivity (Wildman–Crippen MR) is 115 cm³/mol. The third-order valence-electron chi connectivity index (χ3n) is 4.90. The Morgan fingerprint density at radius 1 is 1.37 bits per heavy atom. The summed E-state index contributed by atoms with van der Waals surface area (Å²) in [6, 6.07) is 5.96. The van der Waals surface area contributed by atoms with E-state index in [0.29, 0.717) is 12.5 Å². The van der Waals surface area contributed by atoms with Gasteiger partial charge in [0.1, 0.15) is 0 Å². The first-order chi connectivity index (χ1) is 12.7. The molecule has 8 heteroatoms. The zero-order chi connectivity index (χ0) is 17.9. The van der Waals surface area contributed by atoms with Gasteiger partial charge >= 0.3 is 0 Å². The number of fused-ring (bicyclic) bond motifs is 1. The zero-order valence-corrected chi connectivity index (χ0v) is 18.1. The van der Waals surface area contributed by atoms with Crippen molar-refractivity contribution in [1.82, 2.24) is 20.0 Å². The normalized spacial score (nSPS) is 18.5. The van der Waals surface area contributed by atoms with Gasteiger partial charge in [-0.2, -0.15) is 5.10 Å². The van der Waals surface area contributed by atoms with E-state index in [-0.39, 0.29) is 30.8 Å². The average molecular weight is 483 g/mol. The lowest BCUT2D eigenvalue weighted by molar-refractivity contribution is 0.173. The fraction of sp³-hybridized carbons (Fsp3) is 0.474. The van der Waals surface area contributed by atoms with Gasteiger partial charge in [0.05, 0.1) is 12.7 Å². The van der Waals surface area contributed by atoms with Gasteiger partial charge in [-0.15, -0.1) is 24.0 Å². The highest BCUT2D eigenvalue weighted by Crippen LogP contribution is 2.35. The van der Waals surface area contributed by atoms with Gasteiger partial charge < -0.3 is 19.7 Å². The summed E-state index contributed by atoms with van der Waals surface area (Å²) in [5.41, 5.74) is 2.36. The van der Waals surface area contributed by atoms with Crippen molar-refractivity contribution in [2.45, 2.75) is 25.8 Å². The van der Waals surface area contributed by atoms with Crippen LogP contribution in [0.25, 0.3) is 0 Å². The standard InChI is InChI=1S/C19H25N5O2.HI/c1-3-20-19(21-9-14-5-4-6-17-18(14)26-13-25-17)24-8-7-15(12-24)16-10-22-23(2)11-16;/h4-6,10-11,15H,3,7-9,12-13H2,1-2H3,(H,20,21);1H. The lowest BCUT2D eigenvalue weighted by atomic mass is 10.0. The maximum Gasteiger partial charge on any atom is 0.231 e. The molecule has 0 spiro atoms. The Morgan fingerprint density at radius 3 is 3.04 bits per heavy atom. The monoisotopic (exact) mass is 483 g/mol. The summed E-state index contributed by atoms with van der Waals surface area (Å²) in [5.74, 6) is 3.09. The first kappa shape index (κ1) is 19.8. The number of hydrogen-bond donors (Lipinski definition) is 1. The first-order valence-corrected chi connectivity index (χ1v) is 9.14. The molecule has 146 valence electrons. The zero-order valence-electron chi connectivity index (χ0n) is 15.7. The van der Waals surface area contributed by atoms with Crippen LogP contribution in [0.1, 0.15) is 30.4 Å². The number of para-hydroxylation sites is 1. The quantitative estimate of drug-likeness (QED) is 0.412. The molecule has 2 aliphatic heterocycles. The molecule has 1 aromatic carbocycles. The van der Waals surface area contributed by atoms with Crippen molar-refractivity contribution in [2.24, 2.45) is 12.0 Å². The summed E-state index contributed by atoms with van der Waals surface area (Å²) >= 11 is 0. The first-order valence-electron chi connectivity index (χ1n) is 9.14. The van der Waals surface area contributed by atoms with Crippen LogP contribution in [0.4, 0.5) is 0 Å². The third-order valence-corrected chi connectivity index (χ3v) is 4.90. The Balaban J connectivity index is 0.00000210. The van der Waals surface area contributed by atoms with E-state index in [0.717, 1.165) is 49.1 Å². The van der Waals surface area contributed by atoms with Crippen LogP contribution in [0, 0.1) is 0 Å². The van der Waals surface area contributed by atoms with E-state index in [1.54, 1.807) is 0 Å². The number of guanidine groups is 1. The van der Waals surface area contributed by atoms with Crippen molar-refractivity contribution < 1.29 is 9.47 Å². The molecule has 1 N–H and O–H groups in total. The van der Waals surface area contributed by atoms with E-state index >= 15 is 0 Å².